The van der Waals surface area contributed by atoms with E-state index in [4.69, 9.17) is 18.6 Å². The van der Waals surface area contributed by atoms with Crippen LogP contribution in [0.3, 0.4) is 0 Å². The van der Waals surface area contributed by atoms with Crippen molar-refractivity contribution in [2.75, 3.05) is 50.9 Å². The average Bonchev–Trinajstić information content (AvgIpc) is 3.57. The lowest BCUT2D eigenvalue weighted by atomic mass is 9.86. The van der Waals surface area contributed by atoms with Gasteiger partial charge in [0.1, 0.15) is 17.5 Å². The molecule has 1 aromatic carbocycles. The normalized spacial score (nSPS) is 27.9. The van der Waals surface area contributed by atoms with Gasteiger partial charge in [0, 0.05) is 24.1 Å². The number of ether oxygens (including phenoxy) is 3. The molecule has 2 aromatic rings. The Balaban J connectivity index is 1.07. The molecular formula is C23H28F2N4O4. The Hall–Kier alpha value is -2.30. The molecule has 0 radical (unpaired) electrons. The van der Waals surface area contributed by atoms with E-state index >= 15 is 0 Å². The van der Waals surface area contributed by atoms with Gasteiger partial charge in [0.2, 0.25) is 6.39 Å². The SMILES string of the molecule is Fc1cc(O[C@@H]2CCOC2)c(C2CCN([C@@H]3COC4(C3)CN(c3nnco3)C4)CC2)cc1F. The lowest BCUT2D eigenvalue weighted by molar-refractivity contribution is -0.0216. The summed E-state index contributed by atoms with van der Waals surface area (Å²) in [6, 6.07) is 3.44. The van der Waals surface area contributed by atoms with E-state index in [1.807, 2.05) is 4.90 Å². The molecule has 178 valence electrons. The predicted molar refractivity (Wildman–Crippen MR) is 113 cm³/mol. The van der Waals surface area contributed by atoms with Gasteiger partial charge in [-0.05, 0) is 44.3 Å². The number of halogens is 2. The molecule has 1 aromatic heterocycles. The van der Waals surface area contributed by atoms with Crippen LogP contribution in [0, 0.1) is 11.6 Å². The largest absolute Gasteiger partial charge is 0.488 e. The van der Waals surface area contributed by atoms with Crippen molar-refractivity contribution < 1.29 is 27.4 Å². The molecule has 4 saturated heterocycles. The summed E-state index contributed by atoms with van der Waals surface area (Å²) in [5.74, 6) is -1.08. The quantitative estimate of drug-likeness (QED) is 0.672. The van der Waals surface area contributed by atoms with Gasteiger partial charge in [-0.1, -0.05) is 5.10 Å². The third-order valence-corrected chi connectivity index (χ3v) is 7.49. The lowest BCUT2D eigenvalue weighted by Crippen LogP contribution is -2.62. The first-order valence-electron chi connectivity index (χ1n) is 11.7. The van der Waals surface area contributed by atoms with Gasteiger partial charge in [0.05, 0.1) is 32.9 Å². The maximum Gasteiger partial charge on any atom is 0.318 e. The van der Waals surface area contributed by atoms with Gasteiger partial charge in [0.25, 0.3) is 0 Å². The first-order valence-corrected chi connectivity index (χ1v) is 11.7. The van der Waals surface area contributed by atoms with Crippen LogP contribution in [0.4, 0.5) is 14.8 Å². The monoisotopic (exact) mass is 462 g/mol. The molecule has 1 spiro atoms. The first-order chi connectivity index (χ1) is 16.1. The van der Waals surface area contributed by atoms with E-state index in [1.165, 1.54) is 18.5 Å². The molecule has 8 nitrogen and oxygen atoms in total. The van der Waals surface area contributed by atoms with Crippen LogP contribution in [-0.4, -0.2) is 78.8 Å². The molecule has 0 bridgehead atoms. The Bertz CT molecular complexity index is 971. The van der Waals surface area contributed by atoms with Crippen molar-refractivity contribution in [1.82, 2.24) is 15.1 Å². The highest BCUT2D eigenvalue weighted by atomic mass is 19.2. The fourth-order valence-electron chi connectivity index (χ4n) is 5.69. The molecule has 4 aliphatic heterocycles. The van der Waals surface area contributed by atoms with E-state index in [9.17, 15) is 8.78 Å². The van der Waals surface area contributed by atoms with Gasteiger partial charge < -0.3 is 23.5 Å². The molecular weight excluding hydrogens is 434 g/mol. The molecule has 0 saturated carbocycles. The van der Waals surface area contributed by atoms with Crippen molar-refractivity contribution >= 4 is 6.01 Å². The summed E-state index contributed by atoms with van der Waals surface area (Å²) in [5, 5.41) is 7.70. The maximum absolute atomic E-state index is 14.1. The van der Waals surface area contributed by atoms with Gasteiger partial charge in [-0.15, -0.1) is 5.10 Å². The molecule has 2 atom stereocenters. The summed E-state index contributed by atoms with van der Waals surface area (Å²) in [4.78, 5) is 4.52. The minimum Gasteiger partial charge on any atom is -0.488 e. The Labute approximate surface area is 190 Å². The number of hydrogen-bond acceptors (Lipinski definition) is 8. The van der Waals surface area contributed by atoms with Crippen molar-refractivity contribution in [1.29, 1.82) is 0 Å². The predicted octanol–water partition coefficient (Wildman–Crippen LogP) is 2.74. The summed E-state index contributed by atoms with van der Waals surface area (Å²) in [5.41, 5.74) is 0.634. The number of anilines is 1. The first kappa shape index (κ1) is 21.2. The van der Waals surface area contributed by atoms with Crippen molar-refractivity contribution in [3.8, 4) is 5.75 Å². The summed E-state index contributed by atoms with van der Waals surface area (Å²) in [7, 11) is 0. The van der Waals surface area contributed by atoms with Crippen LogP contribution in [-0.2, 0) is 9.47 Å². The van der Waals surface area contributed by atoms with Crippen LogP contribution in [0.2, 0.25) is 0 Å². The van der Waals surface area contributed by atoms with E-state index in [-0.39, 0.29) is 17.6 Å². The zero-order chi connectivity index (χ0) is 22.4. The maximum atomic E-state index is 14.1. The highest BCUT2D eigenvalue weighted by Gasteiger charge is 2.52. The average molecular weight is 462 g/mol. The molecule has 6 rings (SSSR count). The number of hydrogen-bond donors (Lipinski definition) is 0. The number of likely N-dealkylation sites (tertiary alicyclic amines) is 1. The Morgan fingerprint density at radius 2 is 1.88 bits per heavy atom. The van der Waals surface area contributed by atoms with E-state index in [2.05, 4.69) is 15.1 Å². The molecule has 4 fully saturated rings. The second-order valence-electron chi connectivity index (χ2n) is 9.65. The minimum absolute atomic E-state index is 0.102. The minimum atomic E-state index is -0.867. The number of aromatic nitrogens is 2. The molecule has 0 unspecified atom stereocenters. The fourth-order valence-corrected chi connectivity index (χ4v) is 5.69. The van der Waals surface area contributed by atoms with Crippen molar-refractivity contribution in [2.24, 2.45) is 0 Å². The summed E-state index contributed by atoms with van der Waals surface area (Å²) in [6.45, 7) is 5.17. The van der Waals surface area contributed by atoms with E-state index in [0.29, 0.717) is 37.6 Å². The van der Waals surface area contributed by atoms with Crippen molar-refractivity contribution in [2.45, 2.75) is 49.3 Å². The van der Waals surface area contributed by atoms with Gasteiger partial charge in [0.15, 0.2) is 11.6 Å². The Kier molecular flexibility index (Phi) is 5.46. The zero-order valence-electron chi connectivity index (χ0n) is 18.4. The second-order valence-corrected chi connectivity index (χ2v) is 9.65. The lowest BCUT2D eigenvalue weighted by Gasteiger charge is -2.46. The van der Waals surface area contributed by atoms with Crippen LogP contribution in [0.5, 0.6) is 5.75 Å². The number of benzene rings is 1. The van der Waals surface area contributed by atoms with Gasteiger partial charge >= 0.3 is 6.01 Å². The third kappa shape index (κ3) is 4.08. The highest BCUT2D eigenvalue weighted by molar-refractivity contribution is 5.38. The highest BCUT2D eigenvalue weighted by Crippen LogP contribution is 2.41. The van der Waals surface area contributed by atoms with Crippen LogP contribution < -0.4 is 9.64 Å². The molecule has 4 aliphatic rings. The standard InChI is InChI=1S/C23H28F2N4O4/c24-19-7-18(21(8-20(19)25)33-17-3-6-30-11-17)15-1-4-28(5-2-15)16-9-23(32-10-16)12-29(13-23)22-27-26-14-31-22/h7-8,14-17H,1-6,9-13H2/t16-,17+/m0/s1. The van der Waals surface area contributed by atoms with E-state index in [0.717, 1.165) is 57.4 Å². The smallest absolute Gasteiger partial charge is 0.318 e. The number of rotatable bonds is 5. The van der Waals surface area contributed by atoms with Crippen molar-refractivity contribution in [3.05, 3.63) is 35.7 Å². The van der Waals surface area contributed by atoms with Crippen molar-refractivity contribution in [3.63, 3.8) is 0 Å². The summed E-state index contributed by atoms with van der Waals surface area (Å²) < 4.78 is 51.0. The molecule has 0 aliphatic carbocycles. The zero-order valence-corrected chi connectivity index (χ0v) is 18.4. The summed E-state index contributed by atoms with van der Waals surface area (Å²) in [6.07, 6.45) is 4.73. The number of piperidine rings is 1. The molecule has 0 N–H and O–H groups in total. The van der Waals surface area contributed by atoms with Gasteiger partial charge in [-0.25, -0.2) is 8.78 Å². The number of nitrogens with zero attached hydrogens (tertiary/aromatic N) is 4. The van der Waals surface area contributed by atoms with Crippen LogP contribution in [0.15, 0.2) is 22.9 Å². The van der Waals surface area contributed by atoms with Crippen LogP contribution in [0.25, 0.3) is 0 Å². The topological polar surface area (TPSA) is 73.1 Å². The Morgan fingerprint density at radius 1 is 1.06 bits per heavy atom. The van der Waals surface area contributed by atoms with Gasteiger partial charge in [-0.3, -0.25) is 4.90 Å². The second kappa shape index (κ2) is 8.48. The molecule has 10 heteroatoms. The fraction of sp³-hybridized carbons (Fsp3) is 0.652. The van der Waals surface area contributed by atoms with Gasteiger partial charge in [-0.2, -0.15) is 0 Å². The van der Waals surface area contributed by atoms with E-state index in [1.54, 1.807) is 0 Å². The molecule has 0 amide bonds. The molecule has 33 heavy (non-hydrogen) atoms. The van der Waals surface area contributed by atoms with Crippen LogP contribution >= 0.6 is 0 Å². The summed E-state index contributed by atoms with van der Waals surface area (Å²) >= 11 is 0. The third-order valence-electron chi connectivity index (χ3n) is 7.49. The molecule has 5 heterocycles. The van der Waals surface area contributed by atoms with E-state index < -0.39 is 11.6 Å². The Morgan fingerprint density at radius 3 is 2.61 bits per heavy atom. The van der Waals surface area contributed by atoms with Crippen LogP contribution in [0.1, 0.15) is 37.2 Å².